The second-order valence-electron chi connectivity index (χ2n) is 2.50. The van der Waals surface area contributed by atoms with Crippen LogP contribution in [0.3, 0.4) is 0 Å². The summed E-state index contributed by atoms with van der Waals surface area (Å²) in [7, 11) is 0. The van der Waals surface area contributed by atoms with Gasteiger partial charge in [-0.25, -0.2) is 0 Å². The number of hydrogen-bond acceptors (Lipinski definition) is 3. The van der Waals surface area contributed by atoms with Gasteiger partial charge < -0.3 is 5.11 Å². The summed E-state index contributed by atoms with van der Waals surface area (Å²) in [5.74, 6) is 0.0314. The molecule has 1 aliphatic heterocycles. The van der Waals surface area contributed by atoms with Crippen LogP contribution in [0.1, 0.15) is 6.42 Å². The van der Waals surface area contributed by atoms with Gasteiger partial charge in [-0.2, -0.15) is 0 Å². The van der Waals surface area contributed by atoms with Gasteiger partial charge in [0, 0.05) is 6.08 Å². The molecule has 1 unspecified atom stereocenters. The van der Waals surface area contributed by atoms with E-state index >= 15 is 0 Å². The number of nitrogens with one attached hydrogen (secondary N) is 1. The molecule has 1 aliphatic rings. The van der Waals surface area contributed by atoms with E-state index in [1.807, 2.05) is 0 Å². The van der Waals surface area contributed by atoms with Gasteiger partial charge in [-0.15, -0.1) is 6.58 Å². The molecule has 0 bridgehead atoms. The molecule has 0 aromatic rings. The number of aliphatic hydroxyl groups is 1. The Morgan fingerprint density at radius 2 is 2.64 bits per heavy atom. The fourth-order valence-electron chi connectivity index (χ4n) is 1.01. The van der Waals surface area contributed by atoms with Crippen molar-refractivity contribution in [3.05, 3.63) is 24.5 Å². The van der Waals surface area contributed by atoms with Crippen LogP contribution < -0.4 is 5.32 Å². The van der Waals surface area contributed by atoms with Crippen LogP contribution in [-0.4, -0.2) is 23.5 Å². The smallest absolute Gasteiger partial charge is 0.176 e. The Morgan fingerprint density at radius 1 is 1.91 bits per heavy atom. The lowest BCUT2D eigenvalue weighted by Crippen LogP contribution is -2.40. The maximum atomic E-state index is 11.0. The van der Waals surface area contributed by atoms with Gasteiger partial charge in [-0.3, -0.25) is 10.1 Å². The monoisotopic (exact) mass is 153 g/mol. The van der Waals surface area contributed by atoms with E-state index in [0.29, 0.717) is 13.0 Å². The number of ketones is 1. The van der Waals surface area contributed by atoms with E-state index in [-0.39, 0.29) is 17.6 Å². The summed E-state index contributed by atoms with van der Waals surface area (Å²) in [6.07, 6.45) is 3.57. The molecule has 0 aromatic carbocycles. The molecule has 0 spiro atoms. The molecule has 1 heterocycles. The van der Waals surface area contributed by atoms with Crippen LogP contribution in [-0.2, 0) is 4.79 Å². The summed E-state index contributed by atoms with van der Waals surface area (Å²) in [6.45, 7) is 3.91. The summed E-state index contributed by atoms with van der Waals surface area (Å²) >= 11 is 0. The minimum absolute atomic E-state index is 0.0753. The van der Waals surface area contributed by atoms with E-state index in [0.717, 1.165) is 0 Å². The first-order valence-electron chi connectivity index (χ1n) is 3.51. The van der Waals surface area contributed by atoms with Gasteiger partial charge in [-0.05, 0) is 6.42 Å². The normalized spacial score (nSPS) is 24.5. The van der Waals surface area contributed by atoms with Crippen molar-refractivity contribution in [3.8, 4) is 0 Å². The number of rotatable bonds is 2. The molecule has 0 amide bonds. The SMILES string of the molecule is C=CCC1NCC(O)=CC1=O. The topological polar surface area (TPSA) is 49.3 Å². The van der Waals surface area contributed by atoms with E-state index in [1.54, 1.807) is 6.08 Å². The minimum Gasteiger partial charge on any atom is -0.511 e. The first-order valence-corrected chi connectivity index (χ1v) is 3.51. The van der Waals surface area contributed by atoms with Crippen molar-refractivity contribution >= 4 is 5.78 Å². The van der Waals surface area contributed by atoms with Crippen LogP contribution in [0.15, 0.2) is 24.5 Å². The lowest BCUT2D eigenvalue weighted by Gasteiger charge is -2.18. The molecule has 0 saturated heterocycles. The molecule has 0 fully saturated rings. The van der Waals surface area contributed by atoms with Gasteiger partial charge in [-0.1, -0.05) is 6.08 Å². The number of aliphatic hydroxyl groups excluding tert-OH is 1. The standard InChI is InChI=1S/C8H11NO2/c1-2-3-7-8(11)4-6(10)5-9-7/h2,4,7,9-10H,1,3,5H2. The molecule has 1 rings (SSSR count). The Bertz CT molecular complexity index is 208. The van der Waals surface area contributed by atoms with Crippen LogP contribution in [0.5, 0.6) is 0 Å². The van der Waals surface area contributed by atoms with Crippen LogP contribution in [0, 0.1) is 0 Å². The van der Waals surface area contributed by atoms with E-state index in [9.17, 15) is 4.79 Å². The van der Waals surface area contributed by atoms with E-state index in [4.69, 9.17) is 5.11 Å². The molecule has 0 aromatic heterocycles. The van der Waals surface area contributed by atoms with Crippen LogP contribution in [0.2, 0.25) is 0 Å². The Balaban J connectivity index is 2.60. The zero-order valence-electron chi connectivity index (χ0n) is 6.21. The highest BCUT2D eigenvalue weighted by atomic mass is 16.3. The third-order valence-electron chi connectivity index (χ3n) is 1.58. The zero-order chi connectivity index (χ0) is 8.27. The van der Waals surface area contributed by atoms with Gasteiger partial charge in [0.05, 0.1) is 12.6 Å². The second-order valence-corrected chi connectivity index (χ2v) is 2.50. The molecular formula is C8H11NO2. The molecule has 0 aliphatic carbocycles. The lowest BCUT2D eigenvalue weighted by molar-refractivity contribution is -0.117. The van der Waals surface area contributed by atoms with Crippen molar-refractivity contribution in [2.75, 3.05) is 6.54 Å². The van der Waals surface area contributed by atoms with Gasteiger partial charge >= 0.3 is 0 Å². The second kappa shape index (κ2) is 3.34. The first-order chi connectivity index (χ1) is 5.24. The predicted molar refractivity (Wildman–Crippen MR) is 42.3 cm³/mol. The minimum atomic E-state index is -0.191. The van der Waals surface area contributed by atoms with E-state index in [2.05, 4.69) is 11.9 Å². The van der Waals surface area contributed by atoms with E-state index < -0.39 is 0 Å². The van der Waals surface area contributed by atoms with E-state index in [1.165, 1.54) is 6.08 Å². The predicted octanol–water partition coefficient (Wildman–Crippen LogP) is 0.545. The highest BCUT2D eigenvalue weighted by Crippen LogP contribution is 2.03. The maximum Gasteiger partial charge on any atom is 0.176 e. The zero-order valence-corrected chi connectivity index (χ0v) is 6.21. The molecule has 3 heteroatoms. The Hall–Kier alpha value is -1.09. The van der Waals surface area contributed by atoms with Gasteiger partial charge in [0.2, 0.25) is 0 Å². The summed E-state index contributed by atoms with van der Waals surface area (Å²) < 4.78 is 0. The number of carbonyl (C=O) groups is 1. The molecule has 3 nitrogen and oxygen atoms in total. The average Bonchev–Trinajstić information content (AvgIpc) is 1.95. The number of hydrogen-bond donors (Lipinski definition) is 2. The Morgan fingerprint density at radius 3 is 3.18 bits per heavy atom. The molecule has 2 N–H and O–H groups in total. The average molecular weight is 153 g/mol. The van der Waals surface area contributed by atoms with Gasteiger partial charge in [0.1, 0.15) is 5.76 Å². The Labute approximate surface area is 65.4 Å². The maximum absolute atomic E-state index is 11.0. The summed E-state index contributed by atoms with van der Waals surface area (Å²) in [5, 5.41) is 11.8. The quantitative estimate of drug-likeness (QED) is 0.569. The summed E-state index contributed by atoms with van der Waals surface area (Å²) in [4.78, 5) is 11.0. The van der Waals surface area contributed by atoms with Crippen molar-refractivity contribution in [1.82, 2.24) is 5.32 Å². The van der Waals surface area contributed by atoms with Gasteiger partial charge in [0.15, 0.2) is 5.78 Å². The van der Waals surface area contributed by atoms with Crippen molar-refractivity contribution < 1.29 is 9.90 Å². The van der Waals surface area contributed by atoms with Crippen molar-refractivity contribution in [3.63, 3.8) is 0 Å². The third kappa shape index (κ3) is 1.91. The molecule has 1 atom stereocenters. The van der Waals surface area contributed by atoms with Crippen LogP contribution in [0.25, 0.3) is 0 Å². The number of carbonyl (C=O) groups excluding carboxylic acids is 1. The first kappa shape index (κ1) is 8.01. The fraction of sp³-hybridized carbons (Fsp3) is 0.375. The highest BCUT2D eigenvalue weighted by Gasteiger charge is 2.19. The fourth-order valence-corrected chi connectivity index (χ4v) is 1.01. The molecular weight excluding hydrogens is 142 g/mol. The molecule has 60 valence electrons. The molecule has 11 heavy (non-hydrogen) atoms. The van der Waals surface area contributed by atoms with Crippen molar-refractivity contribution in [2.45, 2.75) is 12.5 Å². The van der Waals surface area contributed by atoms with Crippen LogP contribution >= 0.6 is 0 Å². The third-order valence-corrected chi connectivity index (χ3v) is 1.58. The van der Waals surface area contributed by atoms with Crippen molar-refractivity contribution in [1.29, 1.82) is 0 Å². The highest BCUT2D eigenvalue weighted by molar-refractivity contribution is 5.95. The molecule has 0 radical (unpaired) electrons. The lowest BCUT2D eigenvalue weighted by atomic mass is 10.1. The summed E-state index contributed by atoms with van der Waals surface area (Å²) in [6, 6.07) is -0.191. The molecule has 0 saturated carbocycles. The van der Waals surface area contributed by atoms with Gasteiger partial charge in [0.25, 0.3) is 0 Å². The summed E-state index contributed by atoms with van der Waals surface area (Å²) in [5.41, 5.74) is 0. The van der Waals surface area contributed by atoms with Crippen molar-refractivity contribution in [2.24, 2.45) is 0 Å². The Kier molecular flexibility index (Phi) is 2.44. The van der Waals surface area contributed by atoms with Crippen LogP contribution in [0.4, 0.5) is 0 Å². The largest absolute Gasteiger partial charge is 0.511 e.